The summed E-state index contributed by atoms with van der Waals surface area (Å²) in [6.07, 6.45) is 5.46. The summed E-state index contributed by atoms with van der Waals surface area (Å²) in [6, 6.07) is 17.1. The summed E-state index contributed by atoms with van der Waals surface area (Å²) in [5.41, 5.74) is 3.49. The normalized spacial score (nSPS) is 13.7. The van der Waals surface area contributed by atoms with E-state index in [9.17, 15) is 4.79 Å². The van der Waals surface area contributed by atoms with Gasteiger partial charge >= 0.3 is 0 Å². The molecule has 6 heteroatoms. The van der Waals surface area contributed by atoms with E-state index in [1.807, 2.05) is 60.8 Å². The van der Waals surface area contributed by atoms with Crippen LogP contribution in [0.4, 0.5) is 5.95 Å². The number of benzene rings is 2. The van der Waals surface area contributed by atoms with Crippen LogP contribution in [0.15, 0.2) is 60.8 Å². The van der Waals surface area contributed by atoms with Gasteiger partial charge in [-0.2, -0.15) is 0 Å². The number of carbonyl (C=O) groups is 1. The van der Waals surface area contributed by atoms with Gasteiger partial charge in [0.25, 0.3) is 5.91 Å². The summed E-state index contributed by atoms with van der Waals surface area (Å²) in [4.78, 5) is 23.9. The number of carbonyl (C=O) groups excluding carboxylic acids is 1. The van der Waals surface area contributed by atoms with Crippen molar-refractivity contribution in [2.24, 2.45) is 0 Å². The fraction of sp³-hybridized carbons (Fsp3) is 0.292. The van der Waals surface area contributed by atoms with Crippen LogP contribution >= 0.6 is 0 Å². The summed E-state index contributed by atoms with van der Waals surface area (Å²) in [6.45, 7) is 2.49. The maximum Gasteiger partial charge on any atom is 0.251 e. The van der Waals surface area contributed by atoms with Crippen LogP contribution in [-0.2, 0) is 6.54 Å². The molecule has 4 rings (SSSR count). The lowest BCUT2D eigenvalue weighted by atomic mass is 10.1. The molecule has 1 N–H and O–H groups in total. The Morgan fingerprint density at radius 3 is 2.43 bits per heavy atom. The fourth-order valence-electron chi connectivity index (χ4n) is 3.58. The van der Waals surface area contributed by atoms with E-state index >= 15 is 0 Å². The number of aromatic nitrogens is 2. The van der Waals surface area contributed by atoms with Crippen LogP contribution in [0.2, 0.25) is 0 Å². The second kappa shape index (κ2) is 9.39. The molecule has 1 aliphatic heterocycles. The molecule has 0 spiro atoms. The minimum atomic E-state index is -0.103. The van der Waals surface area contributed by atoms with Gasteiger partial charge in [0, 0.05) is 37.0 Å². The van der Waals surface area contributed by atoms with E-state index < -0.39 is 0 Å². The molecule has 2 heterocycles. The lowest BCUT2D eigenvalue weighted by Crippen LogP contribution is -2.30. The highest BCUT2D eigenvalue weighted by Crippen LogP contribution is 2.21. The Labute approximate surface area is 176 Å². The first kappa shape index (κ1) is 19.9. The third-order valence-corrected chi connectivity index (χ3v) is 5.34. The van der Waals surface area contributed by atoms with Crippen molar-refractivity contribution in [2.75, 3.05) is 25.1 Å². The van der Waals surface area contributed by atoms with Crippen molar-refractivity contribution in [3.05, 3.63) is 71.9 Å². The Morgan fingerprint density at radius 2 is 1.73 bits per heavy atom. The van der Waals surface area contributed by atoms with Crippen molar-refractivity contribution in [2.45, 2.75) is 25.8 Å². The highest BCUT2D eigenvalue weighted by atomic mass is 16.5. The van der Waals surface area contributed by atoms with Gasteiger partial charge in [-0.15, -0.1) is 0 Å². The van der Waals surface area contributed by atoms with Gasteiger partial charge in [-0.3, -0.25) is 4.79 Å². The zero-order chi connectivity index (χ0) is 20.8. The number of hydrogen-bond acceptors (Lipinski definition) is 5. The fourth-order valence-corrected chi connectivity index (χ4v) is 3.58. The Hall–Kier alpha value is -3.41. The molecule has 2 aromatic carbocycles. The second-order valence-electron chi connectivity index (χ2n) is 7.40. The van der Waals surface area contributed by atoms with Gasteiger partial charge in [0.15, 0.2) is 0 Å². The van der Waals surface area contributed by atoms with Crippen LogP contribution in [0.5, 0.6) is 5.75 Å². The number of methoxy groups -OCH3 is 1. The summed E-state index contributed by atoms with van der Waals surface area (Å²) < 4.78 is 5.15. The molecule has 154 valence electrons. The third-order valence-electron chi connectivity index (χ3n) is 5.34. The molecule has 0 unspecified atom stereocenters. The molecule has 1 amide bonds. The van der Waals surface area contributed by atoms with E-state index in [0.717, 1.165) is 41.6 Å². The minimum absolute atomic E-state index is 0.103. The summed E-state index contributed by atoms with van der Waals surface area (Å²) in [5, 5.41) is 2.95. The van der Waals surface area contributed by atoms with Crippen LogP contribution < -0.4 is 15.0 Å². The zero-order valence-corrected chi connectivity index (χ0v) is 17.2. The zero-order valence-electron chi connectivity index (χ0n) is 17.2. The summed E-state index contributed by atoms with van der Waals surface area (Å²) in [5.74, 6) is 1.48. The maximum atomic E-state index is 12.5. The van der Waals surface area contributed by atoms with E-state index in [1.54, 1.807) is 7.11 Å². The second-order valence-corrected chi connectivity index (χ2v) is 7.40. The van der Waals surface area contributed by atoms with Gasteiger partial charge in [-0.1, -0.05) is 24.3 Å². The molecule has 0 atom stereocenters. The number of rotatable bonds is 6. The van der Waals surface area contributed by atoms with Crippen LogP contribution in [0.1, 0.15) is 35.2 Å². The highest BCUT2D eigenvalue weighted by molar-refractivity contribution is 5.94. The van der Waals surface area contributed by atoms with Crippen molar-refractivity contribution < 1.29 is 9.53 Å². The average Bonchev–Trinajstić information content (AvgIpc) is 2.83. The molecule has 0 saturated carbocycles. The van der Waals surface area contributed by atoms with E-state index in [0.29, 0.717) is 12.1 Å². The van der Waals surface area contributed by atoms with Crippen LogP contribution in [-0.4, -0.2) is 36.1 Å². The first-order valence-corrected chi connectivity index (χ1v) is 10.3. The molecule has 1 fully saturated rings. The number of hydrogen-bond donors (Lipinski definition) is 1. The van der Waals surface area contributed by atoms with Crippen LogP contribution in [0.3, 0.4) is 0 Å². The van der Waals surface area contributed by atoms with Gasteiger partial charge in [-0.25, -0.2) is 9.97 Å². The number of amides is 1. The molecule has 0 aliphatic carbocycles. The topological polar surface area (TPSA) is 67.3 Å². The molecular formula is C24H26N4O2. The standard InChI is InChI=1S/C24H26N4O2/c1-30-21-11-5-18(6-12-21)17-26-23(29)20-9-7-19(8-10-20)22-13-14-25-24(27-22)28-15-3-2-4-16-28/h5-14H,2-4,15-17H2,1H3,(H,26,29). The molecule has 1 aliphatic rings. The predicted octanol–water partition coefficient (Wildman–Crippen LogP) is 4.07. The van der Waals surface area contributed by atoms with Crippen molar-refractivity contribution in [3.63, 3.8) is 0 Å². The first-order chi connectivity index (χ1) is 14.7. The molecule has 3 aromatic rings. The first-order valence-electron chi connectivity index (χ1n) is 10.3. The summed E-state index contributed by atoms with van der Waals surface area (Å²) in [7, 11) is 1.64. The van der Waals surface area contributed by atoms with E-state index in [2.05, 4.69) is 15.2 Å². The number of nitrogens with one attached hydrogen (secondary N) is 1. The maximum absolute atomic E-state index is 12.5. The van der Waals surface area contributed by atoms with Crippen LogP contribution in [0.25, 0.3) is 11.3 Å². The minimum Gasteiger partial charge on any atom is -0.497 e. The van der Waals surface area contributed by atoms with Crippen molar-refractivity contribution in [1.82, 2.24) is 15.3 Å². The molecule has 30 heavy (non-hydrogen) atoms. The van der Waals surface area contributed by atoms with Gasteiger partial charge in [0.2, 0.25) is 5.95 Å². The quantitative estimate of drug-likeness (QED) is 0.673. The van der Waals surface area contributed by atoms with Gasteiger partial charge in [0.05, 0.1) is 12.8 Å². The van der Waals surface area contributed by atoms with Crippen molar-refractivity contribution in [1.29, 1.82) is 0 Å². The molecule has 0 bridgehead atoms. The lowest BCUT2D eigenvalue weighted by molar-refractivity contribution is 0.0951. The Kier molecular flexibility index (Phi) is 6.23. The predicted molar refractivity (Wildman–Crippen MR) is 118 cm³/mol. The van der Waals surface area contributed by atoms with Crippen LogP contribution in [0, 0.1) is 0 Å². The lowest BCUT2D eigenvalue weighted by Gasteiger charge is -2.26. The largest absolute Gasteiger partial charge is 0.497 e. The monoisotopic (exact) mass is 402 g/mol. The Bertz CT molecular complexity index is 981. The third kappa shape index (κ3) is 4.76. The molecular weight excluding hydrogens is 376 g/mol. The molecule has 1 saturated heterocycles. The average molecular weight is 402 g/mol. The van der Waals surface area contributed by atoms with E-state index in [4.69, 9.17) is 9.72 Å². The van der Waals surface area contributed by atoms with E-state index in [-0.39, 0.29) is 5.91 Å². The number of ether oxygens (including phenoxy) is 1. The number of piperidine rings is 1. The Balaban J connectivity index is 1.40. The van der Waals surface area contributed by atoms with Crippen molar-refractivity contribution >= 4 is 11.9 Å². The molecule has 1 aromatic heterocycles. The molecule has 6 nitrogen and oxygen atoms in total. The van der Waals surface area contributed by atoms with Gasteiger partial charge in [0.1, 0.15) is 5.75 Å². The summed E-state index contributed by atoms with van der Waals surface area (Å²) >= 11 is 0. The SMILES string of the molecule is COc1ccc(CNC(=O)c2ccc(-c3ccnc(N4CCCCC4)n3)cc2)cc1. The Morgan fingerprint density at radius 1 is 1.00 bits per heavy atom. The van der Waals surface area contributed by atoms with Gasteiger partial charge < -0.3 is 15.0 Å². The molecule has 0 radical (unpaired) electrons. The van der Waals surface area contributed by atoms with Gasteiger partial charge in [-0.05, 0) is 55.2 Å². The van der Waals surface area contributed by atoms with E-state index in [1.165, 1.54) is 19.3 Å². The van der Waals surface area contributed by atoms with Crippen molar-refractivity contribution in [3.8, 4) is 17.0 Å². The number of anilines is 1. The highest BCUT2D eigenvalue weighted by Gasteiger charge is 2.14. The number of nitrogens with zero attached hydrogens (tertiary/aromatic N) is 3. The smallest absolute Gasteiger partial charge is 0.251 e.